The van der Waals surface area contributed by atoms with Crippen LogP contribution in [-0.2, 0) is 0 Å². The zero-order valence-electron chi connectivity index (χ0n) is 18.0. The molecule has 0 aromatic rings. The number of unbranched alkanes of at least 4 members (excludes halogenated alkanes) is 1. The fourth-order valence-electron chi connectivity index (χ4n) is 3.94. The molecule has 2 heterocycles. The minimum absolute atomic E-state index is 0. The Bertz CT molecular complexity index is 401. The van der Waals surface area contributed by atoms with Crippen molar-refractivity contribution in [1.82, 2.24) is 25.3 Å². The SMILES string of the molecule is CCN1CCN(CCCCNC(=NC)NC2CCN(C(C)C)CC2)CC1.I. The van der Waals surface area contributed by atoms with Crippen LogP contribution in [0.3, 0.4) is 0 Å². The van der Waals surface area contributed by atoms with Gasteiger partial charge in [0.25, 0.3) is 0 Å². The molecule has 2 aliphatic heterocycles. The normalized spacial score (nSPS) is 21.3. The Morgan fingerprint density at radius 2 is 1.63 bits per heavy atom. The number of piperazine rings is 1. The first-order valence-corrected chi connectivity index (χ1v) is 10.8. The van der Waals surface area contributed by atoms with E-state index in [1.54, 1.807) is 0 Å². The van der Waals surface area contributed by atoms with Crippen molar-refractivity contribution in [2.45, 2.75) is 58.5 Å². The first-order chi connectivity index (χ1) is 12.6. The summed E-state index contributed by atoms with van der Waals surface area (Å²) in [4.78, 5) is 12.1. The Balaban J connectivity index is 0.00000364. The monoisotopic (exact) mass is 494 g/mol. The Morgan fingerprint density at radius 3 is 2.19 bits per heavy atom. The quantitative estimate of drug-likeness (QED) is 0.234. The highest BCUT2D eigenvalue weighted by atomic mass is 127. The van der Waals surface area contributed by atoms with Gasteiger partial charge >= 0.3 is 0 Å². The lowest BCUT2D eigenvalue weighted by Gasteiger charge is -2.35. The summed E-state index contributed by atoms with van der Waals surface area (Å²) in [6.07, 6.45) is 4.90. The largest absolute Gasteiger partial charge is 0.356 e. The number of rotatable bonds is 8. The molecule has 0 bridgehead atoms. The number of guanidine groups is 1. The first-order valence-electron chi connectivity index (χ1n) is 10.8. The van der Waals surface area contributed by atoms with E-state index >= 15 is 0 Å². The zero-order chi connectivity index (χ0) is 18.8. The summed E-state index contributed by atoms with van der Waals surface area (Å²) in [6, 6.07) is 1.23. The summed E-state index contributed by atoms with van der Waals surface area (Å²) in [5.41, 5.74) is 0. The standard InChI is InChI=1S/C20H42N6.HI/c1-5-24-14-16-25(17-15-24)11-7-6-10-22-20(21-4)23-19-8-12-26(13-9-19)18(2)3;/h18-19H,5-17H2,1-4H3,(H2,21,22,23);1H. The number of likely N-dealkylation sites (tertiary alicyclic amines) is 1. The third kappa shape index (κ3) is 9.28. The summed E-state index contributed by atoms with van der Waals surface area (Å²) in [6.45, 7) is 17.6. The number of halogens is 1. The number of likely N-dealkylation sites (N-methyl/N-ethyl adjacent to an activating group) is 1. The molecule has 6 nitrogen and oxygen atoms in total. The second-order valence-electron chi connectivity index (χ2n) is 8.03. The van der Waals surface area contributed by atoms with E-state index < -0.39 is 0 Å². The minimum Gasteiger partial charge on any atom is -0.356 e. The van der Waals surface area contributed by atoms with Gasteiger partial charge in [-0.25, -0.2) is 0 Å². The number of piperidine rings is 1. The van der Waals surface area contributed by atoms with E-state index in [2.05, 4.69) is 51.1 Å². The number of nitrogens with zero attached hydrogens (tertiary/aromatic N) is 4. The van der Waals surface area contributed by atoms with Gasteiger partial charge in [-0.1, -0.05) is 6.92 Å². The van der Waals surface area contributed by atoms with Gasteiger partial charge in [0.05, 0.1) is 0 Å². The van der Waals surface area contributed by atoms with E-state index in [9.17, 15) is 0 Å². The Kier molecular flexibility index (Phi) is 12.9. The van der Waals surface area contributed by atoms with Gasteiger partial charge in [0.15, 0.2) is 5.96 Å². The second-order valence-corrected chi connectivity index (χ2v) is 8.03. The van der Waals surface area contributed by atoms with Crippen molar-refractivity contribution in [2.75, 3.05) is 66.0 Å². The third-order valence-corrected chi connectivity index (χ3v) is 5.93. The van der Waals surface area contributed by atoms with Crippen molar-refractivity contribution in [3.05, 3.63) is 0 Å². The van der Waals surface area contributed by atoms with Crippen LogP contribution in [0.25, 0.3) is 0 Å². The van der Waals surface area contributed by atoms with E-state index in [0.717, 1.165) is 12.5 Å². The Labute approximate surface area is 184 Å². The van der Waals surface area contributed by atoms with E-state index in [1.165, 1.54) is 78.0 Å². The Morgan fingerprint density at radius 1 is 1.00 bits per heavy atom. The molecule has 2 N–H and O–H groups in total. The topological polar surface area (TPSA) is 46.1 Å². The Hall–Kier alpha value is -0.120. The third-order valence-electron chi connectivity index (χ3n) is 5.93. The van der Waals surface area contributed by atoms with Crippen LogP contribution < -0.4 is 10.6 Å². The zero-order valence-corrected chi connectivity index (χ0v) is 20.4. The molecule has 0 amide bonds. The van der Waals surface area contributed by atoms with Crippen molar-refractivity contribution >= 4 is 29.9 Å². The van der Waals surface area contributed by atoms with E-state index in [1.807, 2.05) is 7.05 Å². The minimum atomic E-state index is 0. The molecule has 7 heteroatoms. The van der Waals surface area contributed by atoms with E-state index in [0.29, 0.717) is 12.1 Å². The maximum Gasteiger partial charge on any atom is 0.191 e. The predicted molar refractivity (Wildman–Crippen MR) is 127 cm³/mol. The van der Waals surface area contributed by atoms with Gasteiger partial charge < -0.3 is 25.3 Å². The van der Waals surface area contributed by atoms with Crippen LogP contribution in [-0.4, -0.2) is 98.7 Å². The van der Waals surface area contributed by atoms with Crippen molar-refractivity contribution in [2.24, 2.45) is 4.99 Å². The molecule has 2 saturated heterocycles. The van der Waals surface area contributed by atoms with Crippen LogP contribution in [0.1, 0.15) is 46.5 Å². The van der Waals surface area contributed by atoms with Crippen LogP contribution in [0.5, 0.6) is 0 Å². The van der Waals surface area contributed by atoms with Gasteiger partial charge in [-0.3, -0.25) is 4.99 Å². The average molecular weight is 495 g/mol. The van der Waals surface area contributed by atoms with Gasteiger partial charge in [0.2, 0.25) is 0 Å². The molecule has 0 atom stereocenters. The molecule has 2 aliphatic rings. The number of hydrogen-bond donors (Lipinski definition) is 2. The summed E-state index contributed by atoms with van der Waals surface area (Å²) in [5.74, 6) is 0.976. The fourth-order valence-corrected chi connectivity index (χ4v) is 3.94. The molecule has 160 valence electrons. The van der Waals surface area contributed by atoms with Crippen molar-refractivity contribution in [3.8, 4) is 0 Å². The molecule has 2 rings (SSSR count). The van der Waals surface area contributed by atoms with Crippen LogP contribution in [0.15, 0.2) is 4.99 Å². The molecule has 0 spiro atoms. The highest BCUT2D eigenvalue weighted by Crippen LogP contribution is 2.12. The van der Waals surface area contributed by atoms with Crippen LogP contribution in [0.2, 0.25) is 0 Å². The molecule has 0 aromatic carbocycles. The maximum absolute atomic E-state index is 4.41. The summed E-state index contributed by atoms with van der Waals surface area (Å²) in [5, 5.41) is 7.12. The molecule has 27 heavy (non-hydrogen) atoms. The fraction of sp³-hybridized carbons (Fsp3) is 0.950. The van der Waals surface area contributed by atoms with Gasteiger partial charge in [-0.2, -0.15) is 0 Å². The number of hydrogen-bond acceptors (Lipinski definition) is 4. The second kappa shape index (κ2) is 14.0. The van der Waals surface area contributed by atoms with Gasteiger partial charge in [0, 0.05) is 64.9 Å². The highest BCUT2D eigenvalue weighted by Gasteiger charge is 2.21. The average Bonchev–Trinajstić information content (AvgIpc) is 2.67. The van der Waals surface area contributed by atoms with Gasteiger partial charge in [-0.05, 0) is 52.6 Å². The molecule has 0 saturated carbocycles. The van der Waals surface area contributed by atoms with Gasteiger partial charge in [-0.15, -0.1) is 24.0 Å². The van der Waals surface area contributed by atoms with Crippen LogP contribution >= 0.6 is 24.0 Å². The lowest BCUT2D eigenvalue weighted by Crippen LogP contribution is -2.50. The van der Waals surface area contributed by atoms with Gasteiger partial charge in [0.1, 0.15) is 0 Å². The lowest BCUT2D eigenvalue weighted by atomic mass is 10.0. The van der Waals surface area contributed by atoms with Crippen molar-refractivity contribution in [1.29, 1.82) is 0 Å². The first kappa shape index (κ1) is 24.9. The smallest absolute Gasteiger partial charge is 0.191 e. The molecule has 0 aliphatic carbocycles. The summed E-state index contributed by atoms with van der Waals surface area (Å²) in [7, 11) is 1.88. The van der Waals surface area contributed by atoms with Crippen LogP contribution in [0, 0.1) is 0 Å². The predicted octanol–water partition coefficient (Wildman–Crippen LogP) is 2.06. The molecular weight excluding hydrogens is 451 g/mol. The lowest BCUT2D eigenvalue weighted by molar-refractivity contribution is 0.136. The summed E-state index contributed by atoms with van der Waals surface area (Å²) < 4.78 is 0. The highest BCUT2D eigenvalue weighted by molar-refractivity contribution is 14.0. The molecule has 2 fully saturated rings. The van der Waals surface area contributed by atoms with Crippen molar-refractivity contribution < 1.29 is 0 Å². The van der Waals surface area contributed by atoms with Crippen molar-refractivity contribution in [3.63, 3.8) is 0 Å². The maximum atomic E-state index is 4.41. The summed E-state index contributed by atoms with van der Waals surface area (Å²) >= 11 is 0. The molecule has 0 unspecified atom stereocenters. The number of nitrogens with one attached hydrogen (secondary N) is 2. The van der Waals surface area contributed by atoms with E-state index in [-0.39, 0.29) is 24.0 Å². The van der Waals surface area contributed by atoms with Crippen LogP contribution in [0.4, 0.5) is 0 Å². The molecule has 0 radical (unpaired) electrons. The molecule has 0 aromatic heterocycles. The molecular formula is C20H43IN6. The number of aliphatic imine (C=N–C) groups is 1. The van der Waals surface area contributed by atoms with E-state index in [4.69, 9.17) is 0 Å².